The van der Waals surface area contributed by atoms with Crippen LogP contribution in [0.25, 0.3) is 10.8 Å². The quantitative estimate of drug-likeness (QED) is 0.403. The van der Waals surface area contributed by atoms with E-state index in [1.807, 2.05) is 44.2 Å². The second kappa shape index (κ2) is 8.18. The molecule has 0 amide bonds. The molecule has 9 heteroatoms. The van der Waals surface area contributed by atoms with Crippen LogP contribution in [-0.2, 0) is 18.0 Å². The van der Waals surface area contributed by atoms with Crippen LogP contribution in [0.5, 0.6) is 5.75 Å². The van der Waals surface area contributed by atoms with Crippen molar-refractivity contribution in [3.8, 4) is 5.75 Å². The van der Waals surface area contributed by atoms with Crippen molar-refractivity contribution in [2.45, 2.75) is 27.1 Å². The standard InChI is InChI=1S/C20H16ClN3O4S/c1-11-16(12(2)28-23-11)9-26-18-8-14-6-4-3-5-13(14)7-15(18)20(25)27-10-17-19(21)29-24-22-17/h3-8H,9-10H2,1-2H3. The van der Waals surface area contributed by atoms with Crippen molar-refractivity contribution in [3.05, 3.63) is 69.0 Å². The zero-order valence-corrected chi connectivity index (χ0v) is 17.2. The number of carbonyl (C=O) groups is 1. The Hall–Kier alpha value is -2.97. The number of ether oxygens (including phenoxy) is 2. The zero-order valence-electron chi connectivity index (χ0n) is 15.6. The number of hydrogen-bond acceptors (Lipinski definition) is 8. The highest BCUT2D eigenvalue weighted by molar-refractivity contribution is 7.10. The molecule has 2 aromatic carbocycles. The predicted octanol–water partition coefficient (Wildman–Crippen LogP) is 4.89. The van der Waals surface area contributed by atoms with Crippen LogP contribution in [0.4, 0.5) is 0 Å². The maximum Gasteiger partial charge on any atom is 0.342 e. The minimum absolute atomic E-state index is 0.0652. The van der Waals surface area contributed by atoms with Gasteiger partial charge in [-0.1, -0.05) is 45.5 Å². The number of aryl methyl sites for hydroxylation is 2. The second-order valence-electron chi connectivity index (χ2n) is 6.36. The molecular formula is C20H16ClN3O4S. The maximum atomic E-state index is 12.8. The van der Waals surface area contributed by atoms with E-state index in [-0.39, 0.29) is 13.2 Å². The number of hydrogen-bond donors (Lipinski definition) is 0. The summed E-state index contributed by atoms with van der Waals surface area (Å²) >= 11 is 7.02. The van der Waals surface area contributed by atoms with E-state index in [0.29, 0.717) is 27.1 Å². The number of esters is 1. The van der Waals surface area contributed by atoms with Gasteiger partial charge in [0.2, 0.25) is 0 Å². The molecule has 148 valence electrons. The highest BCUT2D eigenvalue weighted by Crippen LogP contribution is 2.29. The number of benzene rings is 2. The first-order chi connectivity index (χ1) is 14.0. The Morgan fingerprint density at radius 2 is 1.93 bits per heavy atom. The molecule has 4 aromatic rings. The summed E-state index contributed by atoms with van der Waals surface area (Å²) in [5.41, 5.74) is 2.33. The molecule has 29 heavy (non-hydrogen) atoms. The normalized spacial score (nSPS) is 11.0. The molecule has 0 saturated heterocycles. The summed E-state index contributed by atoms with van der Waals surface area (Å²) in [5, 5.41) is 9.63. The molecule has 2 heterocycles. The van der Waals surface area contributed by atoms with E-state index in [2.05, 4.69) is 14.7 Å². The van der Waals surface area contributed by atoms with Crippen LogP contribution in [0, 0.1) is 13.8 Å². The average molecular weight is 430 g/mol. The molecule has 0 aliphatic heterocycles. The summed E-state index contributed by atoms with van der Waals surface area (Å²) in [6, 6.07) is 11.3. The Bertz CT molecular complexity index is 1170. The highest BCUT2D eigenvalue weighted by Gasteiger charge is 2.19. The lowest BCUT2D eigenvalue weighted by molar-refractivity contribution is 0.0463. The first-order valence-electron chi connectivity index (χ1n) is 8.74. The Balaban J connectivity index is 1.62. The number of aromatic nitrogens is 3. The number of fused-ring (bicyclic) bond motifs is 1. The van der Waals surface area contributed by atoms with Gasteiger partial charge in [0.15, 0.2) is 0 Å². The highest BCUT2D eigenvalue weighted by atomic mass is 35.5. The Labute approximate surface area is 175 Å². The molecule has 0 unspecified atom stereocenters. The number of nitrogens with zero attached hydrogens (tertiary/aromatic N) is 3. The molecule has 0 spiro atoms. The van der Waals surface area contributed by atoms with Gasteiger partial charge in [-0.15, -0.1) is 5.10 Å². The molecule has 0 bridgehead atoms. The van der Waals surface area contributed by atoms with Gasteiger partial charge in [0.05, 0.1) is 11.3 Å². The minimum Gasteiger partial charge on any atom is -0.488 e. The molecule has 0 N–H and O–H groups in total. The van der Waals surface area contributed by atoms with Crippen LogP contribution in [0.15, 0.2) is 40.9 Å². The van der Waals surface area contributed by atoms with E-state index in [9.17, 15) is 4.79 Å². The van der Waals surface area contributed by atoms with E-state index < -0.39 is 5.97 Å². The van der Waals surface area contributed by atoms with Crippen LogP contribution in [0.1, 0.15) is 33.1 Å². The fraction of sp³-hybridized carbons (Fsp3) is 0.200. The van der Waals surface area contributed by atoms with Gasteiger partial charge in [0.25, 0.3) is 0 Å². The summed E-state index contributed by atoms with van der Waals surface area (Å²) in [7, 11) is 0. The largest absolute Gasteiger partial charge is 0.488 e. The molecule has 0 radical (unpaired) electrons. The van der Waals surface area contributed by atoms with Crippen LogP contribution >= 0.6 is 23.1 Å². The predicted molar refractivity (Wildman–Crippen MR) is 108 cm³/mol. The number of rotatable bonds is 6. The lowest BCUT2D eigenvalue weighted by Crippen LogP contribution is -2.09. The fourth-order valence-electron chi connectivity index (χ4n) is 2.85. The van der Waals surface area contributed by atoms with Gasteiger partial charge in [-0.25, -0.2) is 4.79 Å². The van der Waals surface area contributed by atoms with Crippen molar-refractivity contribution in [2.75, 3.05) is 0 Å². The summed E-state index contributed by atoms with van der Waals surface area (Å²) in [5.74, 6) is 0.558. The van der Waals surface area contributed by atoms with Crippen molar-refractivity contribution in [2.24, 2.45) is 0 Å². The van der Waals surface area contributed by atoms with E-state index in [0.717, 1.165) is 33.6 Å². The monoisotopic (exact) mass is 429 g/mol. The van der Waals surface area contributed by atoms with Crippen molar-refractivity contribution in [1.29, 1.82) is 0 Å². The van der Waals surface area contributed by atoms with E-state index in [1.54, 1.807) is 6.07 Å². The Morgan fingerprint density at radius 3 is 2.59 bits per heavy atom. The summed E-state index contributed by atoms with van der Waals surface area (Å²) < 4.78 is 20.7. The first kappa shape index (κ1) is 19.4. The fourth-order valence-corrected chi connectivity index (χ4v) is 3.45. The van der Waals surface area contributed by atoms with Gasteiger partial charge in [-0.05, 0) is 36.8 Å². The van der Waals surface area contributed by atoms with Crippen LogP contribution < -0.4 is 4.74 Å². The second-order valence-corrected chi connectivity index (χ2v) is 7.71. The first-order valence-corrected chi connectivity index (χ1v) is 9.89. The summed E-state index contributed by atoms with van der Waals surface area (Å²) in [6.45, 7) is 3.82. The minimum atomic E-state index is -0.534. The molecule has 0 aliphatic rings. The van der Waals surface area contributed by atoms with Crippen LogP contribution in [-0.4, -0.2) is 20.7 Å². The van der Waals surface area contributed by atoms with Crippen LogP contribution in [0.3, 0.4) is 0 Å². The molecule has 7 nitrogen and oxygen atoms in total. The van der Waals surface area contributed by atoms with E-state index >= 15 is 0 Å². The molecule has 2 aromatic heterocycles. The van der Waals surface area contributed by atoms with Crippen molar-refractivity contribution in [3.63, 3.8) is 0 Å². The van der Waals surface area contributed by atoms with E-state index in [4.69, 9.17) is 25.6 Å². The topological polar surface area (TPSA) is 87.3 Å². The van der Waals surface area contributed by atoms with Crippen molar-refractivity contribution >= 4 is 39.9 Å². The molecule has 0 fully saturated rings. The van der Waals surface area contributed by atoms with Gasteiger partial charge in [0, 0.05) is 11.5 Å². The zero-order chi connectivity index (χ0) is 20.4. The molecule has 0 saturated carbocycles. The summed E-state index contributed by atoms with van der Waals surface area (Å²) in [6.07, 6.45) is 0. The van der Waals surface area contributed by atoms with E-state index in [1.165, 1.54) is 0 Å². The lowest BCUT2D eigenvalue weighted by atomic mass is 10.1. The van der Waals surface area contributed by atoms with Crippen molar-refractivity contribution in [1.82, 2.24) is 14.7 Å². The van der Waals surface area contributed by atoms with Gasteiger partial charge in [0.1, 0.15) is 40.3 Å². The smallest absolute Gasteiger partial charge is 0.342 e. The van der Waals surface area contributed by atoms with Gasteiger partial charge in [-0.3, -0.25) is 0 Å². The third-order valence-corrected chi connectivity index (χ3v) is 5.45. The molecule has 4 rings (SSSR count). The SMILES string of the molecule is Cc1noc(C)c1COc1cc2ccccc2cc1C(=O)OCc1nnsc1Cl. The average Bonchev–Trinajstić information content (AvgIpc) is 3.28. The van der Waals surface area contributed by atoms with Gasteiger partial charge >= 0.3 is 5.97 Å². The molecule has 0 aliphatic carbocycles. The van der Waals surface area contributed by atoms with Gasteiger partial charge < -0.3 is 14.0 Å². The lowest BCUT2D eigenvalue weighted by Gasteiger charge is -2.13. The number of carbonyl (C=O) groups excluding carboxylic acids is 1. The number of halogens is 1. The van der Waals surface area contributed by atoms with Gasteiger partial charge in [-0.2, -0.15) is 0 Å². The third kappa shape index (κ3) is 4.08. The maximum absolute atomic E-state index is 12.8. The molecular weight excluding hydrogens is 414 g/mol. The van der Waals surface area contributed by atoms with Crippen molar-refractivity contribution < 1.29 is 18.8 Å². The Morgan fingerprint density at radius 1 is 1.17 bits per heavy atom. The Kier molecular flexibility index (Phi) is 5.46. The summed E-state index contributed by atoms with van der Waals surface area (Å²) in [4.78, 5) is 12.8. The molecule has 0 atom stereocenters. The van der Waals surface area contributed by atoms with Crippen LogP contribution in [0.2, 0.25) is 4.34 Å². The third-order valence-electron chi connectivity index (χ3n) is 4.47.